The van der Waals surface area contributed by atoms with Crippen LogP contribution in [0.4, 0.5) is 0 Å². The van der Waals surface area contributed by atoms with Gasteiger partial charge in [0.2, 0.25) is 0 Å². The summed E-state index contributed by atoms with van der Waals surface area (Å²) >= 11 is 5.13. The summed E-state index contributed by atoms with van der Waals surface area (Å²) in [5.41, 5.74) is 2.91. The maximum atomic E-state index is 12.4. The van der Waals surface area contributed by atoms with E-state index in [-0.39, 0.29) is 11.5 Å². The number of imidazole rings is 1. The summed E-state index contributed by atoms with van der Waals surface area (Å²) in [6.45, 7) is 1.30. The molecule has 7 nitrogen and oxygen atoms in total. The molecule has 0 aliphatic carbocycles. The molecule has 0 aliphatic rings. The fourth-order valence-electron chi connectivity index (χ4n) is 3.19. The minimum Gasteiger partial charge on any atom is -0.352 e. The van der Waals surface area contributed by atoms with Crippen LogP contribution in [0.3, 0.4) is 0 Å². The molecule has 0 aliphatic heterocycles. The number of hydrogen-bond acceptors (Lipinski definition) is 4. The van der Waals surface area contributed by atoms with Crippen LogP contribution in [-0.2, 0) is 13.6 Å². The number of aromatic amines is 1. The van der Waals surface area contributed by atoms with Crippen LogP contribution in [0.25, 0.3) is 21.9 Å². The van der Waals surface area contributed by atoms with E-state index in [0.29, 0.717) is 27.8 Å². The van der Waals surface area contributed by atoms with Crippen molar-refractivity contribution in [3.05, 3.63) is 69.5 Å². The second-order valence-electron chi connectivity index (χ2n) is 6.59. The first kappa shape index (κ1) is 18.1. The SMILES string of the molecule is Cn1c(=S)[nH]c2cc(C(=O)NCCCn3cnc4ccccc43)ccc2c1=O. The number of carbonyl (C=O) groups is 1. The predicted octanol–water partition coefficient (Wildman–Crippen LogP) is 2.77. The molecule has 1 amide bonds. The Bertz CT molecular complexity index is 1300. The number of H-pyrrole nitrogens is 1. The zero-order valence-electron chi connectivity index (χ0n) is 15.3. The van der Waals surface area contributed by atoms with Crippen molar-refractivity contribution in [2.75, 3.05) is 6.54 Å². The molecule has 0 radical (unpaired) electrons. The van der Waals surface area contributed by atoms with Crippen molar-refractivity contribution in [2.24, 2.45) is 7.05 Å². The zero-order valence-corrected chi connectivity index (χ0v) is 16.1. The number of para-hydroxylation sites is 2. The number of hydrogen-bond donors (Lipinski definition) is 2. The zero-order chi connectivity index (χ0) is 19.7. The van der Waals surface area contributed by atoms with Gasteiger partial charge in [0.1, 0.15) is 0 Å². The highest BCUT2D eigenvalue weighted by molar-refractivity contribution is 7.71. The van der Waals surface area contributed by atoms with E-state index in [9.17, 15) is 9.59 Å². The Morgan fingerprint density at radius 3 is 2.93 bits per heavy atom. The number of benzene rings is 2. The summed E-state index contributed by atoms with van der Waals surface area (Å²) in [7, 11) is 1.62. The van der Waals surface area contributed by atoms with Crippen molar-refractivity contribution < 1.29 is 4.79 Å². The average molecular weight is 393 g/mol. The number of rotatable bonds is 5. The van der Waals surface area contributed by atoms with E-state index in [0.717, 1.165) is 24.0 Å². The molecule has 4 rings (SSSR count). The lowest BCUT2D eigenvalue weighted by atomic mass is 10.1. The molecule has 0 fully saturated rings. The maximum Gasteiger partial charge on any atom is 0.261 e. The van der Waals surface area contributed by atoms with Crippen LogP contribution in [0.15, 0.2) is 53.6 Å². The van der Waals surface area contributed by atoms with Gasteiger partial charge in [0.05, 0.1) is 28.3 Å². The smallest absolute Gasteiger partial charge is 0.261 e. The highest BCUT2D eigenvalue weighted by Crippen LogP contribution is 2.12. The van der Waals surface area contributed by atoms with Crippen LogP contribution < -0.4 is 10.9 Å². The Hall–Kier alpha value is -3.26. The van der Waals surface area contributed by atoms with Crippen LogP contribution in [0, 0.1) is 4.77 Å². The fraction of sp³-hybridized carbons (Fsp3) is 0.200. The van der Waals surface area contributed by atoms with E-state index in [1.165, 1.54) is 4.57 Å². The minimum absolute atomic E-state index is 0.182. The first-order valence-corrected chi connectivity index (χ1v) is 9.36. The molecule has 0 unspecified atom stereocenters. The largest absolute Gasteiger partial charge is 0.352 e. The van der Waals surface area contributed by atoms with Gasteiger partial charge in [-0.05, 0) is 49.0 Å². The number of aromatic nitrogens is 4. The molecule has 2 aromatic heterocycles. The first-order valence-electron chi connectivity index (χ1n) is 8.96. The monoisotopic (exact) mass is 393 g/mol. The van der Waals surface area contributed by atoms with Crippen LogP contribution in [0.2, 0.25) is 0 Å². The van der Waals surface area contributed by atoms with Crippen molar-refractivity contribution >= 4 is 40.1 Å². The Labute approximate surface area is 165 Å². The van der Waals surface area contributed by atoms with Crippen LogP contribution >= 0.6 is 12.2 Å². The second kappa shape index (κ2) is 7.40. The Morgan fingerprint density at radius 2 is 2.07 bits per heavy atom. The van der Waals surface area contributed by atoms with E-state index in [1.807, 2.05) is 30.6 Å². The Balaban J connectivity index is 1.42. The summed E-state index contributed by atoms with van der Waals surface area (Å²) in [4.78, 5) is 32.0. The van der Waals surface area contributed by atoms with E-state index >= 15 is 0 Å². The number of amides is 1. The van der Waals surface area contributed by atoms with Crippen LogP contribution in [0.1, 0.15) is 16.8 Å². The molecule has 0 bridgehead atoms. The molecular formula is C20H19N5O2S. The fourth-order valence-corrected chi connectivity index (χ4v) is 3.38. The number of nitrogens with zero attached hydrogens (tertiary/aromatic N) is 3. The predicted molar refractivity (Wildman–Crippen MR) is 111 cm³/mol. The number of fused-ring (bicyclic) bond motifs is 2. The molecule has 142 valence electrons. The summed E-state index contributed by atoms with van der Waals surface area (Å²) < 4.78 is 3.77. The summed E-state index contributed by atoms with van der Waals surface area (Å²) in [6.07, 6.45) is 2.60. The molecule has 2 heterocycles. The Kier molecular flexibility index (Phi) is 4.79. The quantitative estimate of drug-likeness (QED) is 0.403. The molecule has 2 N–H and O–H groups in total. The number of aryl methyl sites for hydroxylation is 1. The van der Waals surface area contributed by atoms with E-state index in [1.54, 1.807) is 25.2 Å². The van der Waals surface area contributed by atoms with Gasteiger partial charge in [-0.25, -0.2) is 4.98 Å². The van der Waals surface area contributed by atoms with Crippen molar-refractivity contribution in [1.82, 2.24) is 24.4 Å². The first-order chi connectivity index (χ1) is 13.5. The average Bonchev–Trinajstić information content (AvgIpc) is 3.12. The summed E-state index contributed by atoms with van der Waals surface area (Å²) in [5, 5.41) is 3.42. The third-order valence-electron chi connectivity index (χ3n) is 4.75. The third-order valence-corrected chi connectivity index (χ3v) is 5.13. The van der Waals surface area contributed by atoms with Gasteiger partial charge in [-0.2, -0.15) is 0 Å². The van der Waals surface area contributed by atoms with Crippen molar-refractivity contribution in [2.45, 2.75) is 13.0 Å². The second-order valence-corrected chi connectivity index (χ2v) is 6.98. The van der Waals surface area contributed by atoms with Crippen LogP contribution in [-0.4, -0.2) is 31.6 Å². The molecule has 4 aromatic rings. The van der Waals surface area contributed by atoms with Crippen molar-refractivity contribution in [3.8, 4) is 0 Å². The summed E-state index contributed by atoms with van der Waals surface area (Å²) in [6, 6.07) is 12.9. The van der Waals surface area contributed by atoms with Gasteiger partial charge in [0.15, 0.2) is 4.77 Å². The Morgan fingerprint density at radius 1 is 1.25 bits per heavy atom. The van der Waals surface area contributed by atoms with E-state index in [4.69, 9.17) is 12.2 Å². The van der Waals surface area contributed by atoms with Gasteiger partial charge < -0.3 is 14.9 Å². The van der Waals surface area contributed by atoms with Crippen molar-refractivity contribution in [1.29, 1.82) is 0 Å². The number of nitrogens with one attached hydrogen (secondary N) is 2. The van der Waals surface area contributed by atoms with Gasteiger partial charge in [0.25, 0.3) is 11.5 Å². The maximum absolute atomic E-state index is 12.4. The molecule has 28 heavy (non-hydrogen) atoms. The molecule has 2 aromatic carbocycles. The van der Waals surface area contributed by atoms with E-state index in [2.05, 4.69) is 19.9 Å². The lowest BCUT2D eigenvalue weighted by Gasteiger charge is -2.08. The van der Waals surface area contributed by atoms with E-state index < -0.39 is 0 Å². The molecule has 0 spiro atoms. The molecule has 0 saturated heterocycles. The standard InChI is InChI=1S/C20H19N5O2S/c1-24-19(27)14-8-7-13(11-16(14)23-20(24)28)18(26)21-9-4-10-25-12-22-15-5-2-3-6-17(15)25/h2-3,5-8,11-12H,4,9-10H2,1H3,(H,21,26)(H,23,28). The topological polar surface area (TPSA) is 84.7 Å². The molecular weight excluding hydrogens is 374 g/mol. The molecule has 8 heteroatoms. The van der Waals surface area contributed by atoms with Gasteiger partial charge in [-0.1, -0.05) is 12.1 Å². The lowest BCUT2D eigenvalue weighted by Crippen LogP contribution is -2.25. The summed E-state index contributed by atoms with van der Waals surface area (Å²) in [5.74, 6) is -0.183. The highest BCUT2D eigenvalue weighted by atomic mass is 32.1. The molecule has 0 atom stereocenters. The molecule has 0 saturated carbocycles. The lowest BCUT2D eigenvalue weighted by molar-refractivity contribution is 0.0953. The van der Waals surface area contributed by atoms with Crippen molar-refractivity contribution in [3.63, 3.8) is 0 Å². The van der Waals surface area contributed by atoms with Gasteiger partial charge in [-0.3, -0.25) is 14.2 Å². The van der Waals surface area contributed by atoms with Crippen LogP contribution in [0.5, 0.6) is 0 Å². The highest BCUT2D eigenvalue weighted by Gasteiger charge is 2.09. The number of carbonyl (C=O) groups excluding carboxylic acids is 1. The third kappa shape index (κ3) is 3.34. The van der Waals surface area contributed by atoms with Gasteiger partial charge >= 0.3 is 0 Å². The normalized spacial score (nSPS) is 11.2. The van der Waals surface area contributed by atoms with Gasteiger partial charge in [0, 0.05) is 25.7 Å². The minimum atomic E-state index is -0.183. The van der Waals surface area contributed by atoms with Gasteiger partial charge in [-0.15, -0.1) is 0 Å².